The molecule has 0 aliphatic carbocycles. The van der Waals surface area contributed by atoms with E-state index >= 15 is 0 Å². The molecular formula is C18H21N3O3. The zero-order valence-corrected chi connectivity index (χ0v) is 13.5. The van der Waals surface area contributed by atoms with Gasteiger partial charge >= 0.3 is 0 Å². The Hall–Kier alpha value is -2.86. The number of hydrogen-bond donors (Lipinski definition) is 3. The highest BCUT2D eigenvalue weighted by Gasteiger charge is 2.07. The molecule has 2 rings (SSSR count). The first-order valence-corrected chi connectivity index (χ1v) is 7.65. The molecular weight excluding hydrogens is 306 g/mol. The normalized spacial score (nSPS) is 10.0. The van der Waals surface area contributed by atoms with E-state index < -0.39 is 0 Å². The molecule has 2 aromatic carbocycles. The molecule has 126 valence electrons. The van der Waals surface area contributed by atoms with Gasteiger partial charge in [-0.2, -0.15) is 0 Å². The van der Waals surface area contributed by atoms with E-state index in [1.807, 2.05) is 30.3 Å². The third-order valence-electron chi connectivity index (χ3n) is 3.23. The standard InChI is InChI=1S/C18H21N3O3/c1-24-11-10-19-18(23)14-6-5-9-16(12-14)21-17(22)13-20-15-7-3-2-4-8-15/h2-9,12,20H,10-11,13H2,1H3,(H,19,23)(H,21,22). The Labute approximate surface area is 141 Å². The lowest BCUT2D eigenvalue weighted by Crippen LogP contribution is -2.27. The van der Waals surface area contributed by atoms with Crippen molar-refractivity contribution in [2.75, 3.05) is 37.4 Å². The molecule has 2 aromatic rings. The van der Waals surface area contributed by atoms with Gasteiger partial charge in [-0.05, 0) is 30.3 Å². The van der Waals surface area contributed by atoms with Crippen molar-refractivity contribution in [1.82, 2.24) is 5.32 Å². The average Bonchev–Trinajstić information content (AvgIpc) is 2.61. The van der Waals surface area contributed by atoms with Crippen LogP contribution in [0.3, 0.4) is 0 Å². The smallest absolute Gasteiger partial charge is 0.251 e. The Bertz CT molecular complexity index is 674. The molecule has 0 aromatic heterocycles. The van der Waals surface area contributed by atoms with Gasteiger partial charge in [0.1, 0.15) is 0 Å². The largest absolute Gasteiger partial charge is 0.383 e. The average molecular weight is 327 g/mol. The second kappa shape index (κ2) is 9.32. The van der Waals surface area contributed by atoms with Crippen LogP contribution in [-0.2, 0) is 9.53 Å². The van der Waals surface area contributed by atoms with Gasteiger partial charge in [0.2, 0.25) is 5.91 Å². The summed E-state index contributed by atoms with van der Waals surface area (Å²) >= 11 is 0. The van der Waals surface area contributed by atoms with Gasteiger partial charge in [-0.1, -0.05) is 24.3 Å². The van der Waals surface area contributed by atoms with Crippen LogP contribution in [-0.4, -0.2) is 38.6 Å². The summed E-state index contributed by atoms with van der Waals surface area (Å²) in [6, 6.07) is 16.3. The molecule has 3 N–H and O–H groups in total. The van der Waals surface area contributed by atoms with Crippen LogP contribution in [0, 0.1) is 0 Å². The van der Waals surface area contributed by atoms with Crippen LogP contribution < -0.4 is 16.0 Å². The Balaban J connectivity index is 1.86. The molecule has 0 fully saturated rings. The highest BCUT2D eigenvalue weighted by molar-refractivity contribution is 5.98. The summed E-state index contributed by atoms with van der Waals surface area (Å²) in [4.78, 5) is 24.0. The van der Waals surface area contributed by atoms with Crippen LogP contribution in [0.1, 0.15) is 10.4 Å². The fraction of sp³-hybridized carbons (Fsp3) is 0.222. The molecule has 0 saturated heterocycles. The number of amides is 2. The number of nitrogens with one attached hydrogen (secondary N) is 3. The van der Waals surface area contributed by atoms with E-state index in [9.17, 15) is 9.59 Å². The molecule has 0 aliphatic heterocycles. The van der Waals surface area contributed by atoms with E-state index in [2.05, 4.69) is 16.0 Å². The van der Waals surface area contributed by atoms with Crippen molar-refractivity contribution in [1.29, 1.82) is 0 Å². The van der Waals surface area contributed by atoms with Gasteiger partial charge < -0.3 is 20.7 Å². The molecule has 2 amide bonds. The molecule has 0 saturated carbocycles. The number of anilines is 2. The molecule has 24 heavy (non-hydrogen) atoms. The Kier molecular flexibility index (Phi) is 6.79. The lowest BCUT2D eigenvalue weighted by atomic mass is 10.2. The zero-order chi connectivity index (χ0) is 17.2. The Morgan fingerprint density at radius 2 is 1.75 bits per heavy atom. The number of methoxy groups -OCH3 is 1. The van der Waals surface area contributed by atoms with Gasteiger partial charge in [0, 0.05) is 30.6 Å². The van der Waals surface area contributed by atoms with Crippen molar-refractivity contribution >= 4 is 23.2 Å². The lowest BCUT2D eigenvalue weighted by Gasteiger charge is -2.09. The monoisotopic (exact) mass is 327 g/mol. The summed E-state index contributed by atoms with van der Waals surface area (Å²) in [5.41, 5.74) is 1.94. The van der Waals surface area contributed by atoms with E-state index in [0.29, 0.717) is 24.4 Å². The van der Waals surface area contributed by atoms with Crippen LogP contribution in [0.4, 0.5) is 11.4 Å². The second-order valence-electron chi connectivity index (χ2n) is 5.10. The minimum Gasteiger partial charge on any atom is -0.383 e. The first kappa shape index (κ1) is 17.5. The number of carbonyl (C=O) groups excluding carboxylic acids is 2. The summed E-state index contributed by atoms with van der Waals surface area (Å²) in [5.74, 6) is -0.388. The van der Waals surface area contributed by atoms with E-state index in [0.717, 1.165) is 5.69 Å². The highest BCUT2D eigenvalue weighted by Crippen LogP contribution is 2.11. The molecule has 0 unspecified atom stereocenters. The van der Waals surface area contributed by atoms with Crippen LogP contribution in [0.25, 0.3) is 0 Å². The van der Waals surface area contributed by atoms with Crippen molar-refractivity contribution in [2.24, 2.45) is 0 Å². The quantitative estimate of drug-likeness (QED) is 0.649. The lowest BCUT2D eigenvalue weighted by molar-refractivity contribution is -0.114. The van der Waals surface area contributed by atoms with Gasteiger partial charge in [0.25, 0.3) is 5.91 Å². The minimum absolute atomic E-state index is 0.147. The van der Waals surface area contributed by atoms with E-state index in [-0.39, 0.29) is 18.4 Å². The molecule has 0 bridgehead atoms. The number of rotatable bonds is 8. The molecule has 0 atom stereocenters. The van der Waals surface area contributed by atoms with Gasteiger partial charge in [0.05, 0.1) is 13.2 Å². The topological polar surface area (TPSA) is 79.5 Å². The van der Waals surface area contributed by atoms with Crippen LogP contribution in [0.15, 0.2) is 54.6 Å². The predicted octanol–water partition coefficient (Wildman–Crippen LogP) is 2.11. The maximum atomic E-state index is 12.0. The van der Waals surface area contributed by atoms with Crippen LogP contribution >= 0.6 is 0 Å². The number of ether oxygens (including phenoxy) is 1. The third kappa shape index (κ3) is 5.73. The maximum Gasteiger partial charge on any atom is 0.251 e. The number of benzene rings is 2. The molecule has 6 nitrogen and oxygen atoms in total. The molecule has 0 radical (unpaired) electrons. The third-order valence-corrected chi connectivity index (χ3v) is 3.23. The van der Waals surface area contributed by atoms with E-state index in [4.69, 9.17) is 4.74 Å². The molecule has 0 heterocycles. The van der Waals surface area contributed by atoms with Gasteiger partial charge in [0.15, 0.2) is 0 Å². The van der Waals surface area contributed by atoms with E-state index in [1.165, 1.54) is 0 Å². The Morgan fingerprint density at radius 3 is 2.50 bits per heavy atom. The minimum atomic E-state index is -0.203. The van der Waals surface area contributed by atoms with E-state index in [1.54, 1.807) is 31.4 Å². The summed E-state index contributed by atoms with van der Waals surface area (Å²) in [7, 11) is 1.58. The van der Waals surface area contributed by atoms with Gasteiger partial charge in [-0.15, -0.1) is 0 Å². The van der Waals surface area contributed by atoms with Crippen molar-refractivity contribution in [3.8, 4) is 0 Å². The van der Waals surface area contributed by atoms with Crippen LogP contribution in [0.5, 0.6) is 0 Å². The fourth-order valence-corrected chi connectivity index (χ4v) is 2.05. The molecule has 6 heteroatoms. The summed E-state index contributed by atoms with van der Waals surface area (Å²) in [5, 5.41) is 8.54. The zero-order valence-electron chi connectivity index (χ0n) is 13.5. The van der Waals surface area contributed by atoms with Crippen molar-refractivity contribution < 1.29 is 14.3 Å². The van der Waals surface area contributed by atoms with Gasteiger partial charge in [-0.25, -0.2) is 0 Å². The maximum absolute atomic E-state index is 12.0. The first-order chi connectivity index (χ1) is 11.7. The predicted molar refractivity (Wildman–Crippen MR) is 94.2 cm³/mol. The molecule has 0 spiro atoms. The summed E-state index contributed by atoms with van der Waals surface area (Å²) < 4.78 is 4.89. The second-order valence-corrected chi connectivity index (χ2v) is 5.10. The SMILES string of the molecule is COCCNC(=O)c1cccc(NC(=O)CNc2ccccc2)c1. The summed E-state index contributed by atoms with van der Waals surface area (Å²) in [6.45, 7) is 1.04. The van der Waals surface area contributed by atoms with Gasteiger partial charge in [-0.3, -0.25) is 9.59 Å². The number of carbonyl (C=O) groups is 2. The Morgan fingerprint density at radius 1 is 1.00 bits per heavy atom. The van der Waals surface area contributed by atoms with Crippen molar-refractivity contribution in [3.05, 3.63) is 60.2 Å². The fourth-order valence-electron chi connectivity index (χ4n) is 2.05. The highest BCUT2D eigenvalue weighted by atomic mass is 16.5. The van der Waals surface area contributed by atoms with Crippen molar-refractivity contribution in [2.45, 2.75) is 0 Å². The van der Waals surface area contributed by atoms with Crippen LogP contribution in [0.2, 0.25) is 0 Å². The summed E-state index contributed by atoms with van der Waals surface area (Å²) in [6.07, 6.45) is 0. The number of hydrogen-bond acceptors (Lipinski definition) is 4. The van der Waals surface area contributed by atoms with Crippen molar-refractivity contribution in [3.63, 3.8) is 0 Å². The molecule has 0 aliphatic rings. The first-order valence-electron chi connectivity index (χ1n) is 7.65. The number of para-hydroxylation sites is 1.